The maximum absolute atomic E-state index is 13.3. The normalized spacial score (nSPS) is 15.3. The number of hydrogen-bond acceptors (Lipinski definition) is 7. The first kappa shape index (κ1) is 20.3. The fraction of sp³-hybridized carbons (Fsp3) is 0.368. The molecular formula is C19H20F2N6O2. The molecular weight excluding hydrogens is 382 g/mol. The number of aromatic nitrogens is 2. The number of likely N-dealkylation sites (tertiary alicyclic amines) is 1. The first-order valence-corrected chi connectivity index (χ1v) is 8.94. The highest BCUT2D eigenvalue weighted by Gasteiger charge is 2.35. The average Bonchev–Trinajstić information content (AvgIpc) is 2.73. The molecule has 1 aliphatic rings. The number of nitriles is 1. The van der Waals surface area contributed by atoms with Gasteiger partial charge in [0.1, 0.15) is 23.2 Å². The zero-order chi connectivity index (χ0) is 21.0. The van der Waals surface area contributed by atoms with Gasteiger partial charge >= 0.3 is 0 Å². The van der Waals surface area contributed by atoms with Gasteiger partial charge in [-0.15, -0.1) is 0 Å². The lowest BCUT2D eigenvalue weighted by atomic mass is 10.1. The van der Waals surface area contributed by atoms with Gasteiger partial charge in [-0.25, -0.2) is 13.8 Å². The van der Waals surface area contributed by atoms with Gasteiger partial charge in [-0.1, -0.05) is 0 Å². The number of piperidine rings is 1. The van der Waals surface area contributed by atoms with Crippen LogP contribution in [0.25, 0.3) is 0 Å². The Morgan fingerprint density at radius 3 is 2.69 bits per heavy atom. The monoisotopic (exact) mass is 402 g/mol. The molecule has 1 aliphatic heterocycles. The Kier molecular flexibility index (Phi) is 5.77. The molecule has 1 aromatic carbocycles. The lowest BCUT2D eigenvalue weighted by molar-refractivity contribution is -0.0494. The molecule has 2 aromatic rings. The molecule has 0 atom stereocenters. The minimum absolute atomic E-state index is 0.0139. The lowest BCUT2D eigenvalue weighted by Gasteiger charge is -2.31. The predicted octanol–water partition coefficient (Wildman–Crippen LogP) is 3.01. The van der Waals surface area contributed by atoms with Crippen molar-refractivity contribution in [3.8, 4) is 11.8 Å². The van der Waals surface area contributed by atoms with Crippen molar-refractivity contribution in [1.82, 2.24) is 14.9 Å². The first-order chi connectivity index (χ1) is 13.9. The highest BCUT2D eigenvalue weighted by molar-refractivity contribution is 5.95. The van der Waals surface area contributed by atoms with Crippen molar-refractivity contribution in [2.75, 3.05) is 37.9 Å². The average molecular weight is 402 g/mol. The van der Waals surface area contributed by atoms with Crippen molar-refractivity contribution >= 4 is 23.4 Å². The smallest absolute Gasteiger partial charge is 0.253 e. The molecule has 0 spiro atoms. The van der Waals surface area contributed by atoms with Crippen molar-refractivity contribution in [2.45, 2.75) is 18.8 Å². The van der Waals surface area contributed by atoms with Crippen LogP contribution in [-0.2, 0) is 0 Å². The van der Waals surface area contributed by atoms with E-state index in [1.165, 1.54) is 18.2 Å². The van der Waals surface area contributed by atoms with Crippen LogP contribution in [0.3, 0.4) is 0 Å². The molecule has 152 valence electrons. The third-order valence-corrected chi connectivity index (χ3v) is 4.62. The summed E-state index contributed by atoms with van der Waals surface area (Å²) in [5, 5.41) is 14.8. The van der Waals surface area contributed by atoms with Crippen LogP contribution in [-0.4, -0.2) is 53.9 Å². The number of benzene rings is 1. The second kappa shape index (κ2) is 8.26. The lowest BCUT2D eigenvalue weighted by Crippen LogP contribution is -2.42. The van der Waals surface area contributed by atoms with Gasteiger partial charge in [0.2, 0.25) is 5.95 Å². The number of halogens is 2. The third-order valence-electron chi connectivity index (χ3n) is 4.62. The van der Waals surface area contributed by atoms with Crippen molar-refractivity contribution in [2.24, 2.45) is 0 Å². The van der Waals surface area contributed by atoms with E-state index in [0.717, 1.165) is 0 Å². The van der Waals surface area contributed by atoms with Crippen molar-refractivity contribution in [1.29, 1.82) is 5.26 Å². The number of rotatable bonds is 5. The van der Waals surface area contributed by atoms with Crippen LogP contribution >= 0.6 is 0 Å². The second-order valence-corrected chi connectivity index (χ2v) is 6.51. The largest absolute Gasteiger partial charge is 0.495 e. The van der Waals surface area contributed by atoms with Gasteiger partial charge in [0.15, 0.2) is 0 Å². The molecule has 0 radical (unpaired) electrons. The molecule has 2 N–H and O–H groups in total. The first-order valence-electron chi connectivity index (χ1n) is 8.94. The van der Waals surface area contributed by atoms with Crippen LogP contribution in [0.15, 0.2) is 24.4 Å². The molecule has 1 aromatic heterocycles. The number of nitrogens with zero attached hydrogens (tertiary/aromatic N) is 4. The minimum atomic E-state index is -2.71. The third kappa shape index (κ3) is 4.51. The molecule has 29 heavy (non-hydrogen) atoms. The summed E-state index contributed by atoms with van der Waals surface area (Å²) in [6, 6.07) is 6.75. The Balaban J connectivity index is 1.79. The summed E-state index contributed by atoms with van der Waals surface area (Å²) in [4.78, 5) is 22.4. The molecule has 10 heteroatoms. The van der Waals surface area contributed by atoms with Gasteiger partial charge in [-0.05, 0) is 18.2 Å². The van der Waals surface area contributed by atoms with Crippen LogP contribution in [0.2, 0.25) is 0 Å². The molecule has 2 heterocycles. The van der Waals surface area contributed by atoms with Crippen LogP contribution in [0, 0.1) is 11.3 Å². The van der Waals surface area contributed by atoms with Gasteiger partial charge in [-0.3, -0.25) is 4.79 Å². The number of methoxy groups -OCH3 is 1. The van der Waals surface area contributed by atoms with E-state index >= 15 is 0 Å². The molecule has 0 bridgehead atoms. The molecule has 1 saturated heterocycles. The number of hydrogen-bond donors (Lipinski definition) is 2. The quantitative estimate of drug-likeness (QED) is 0.792. The highest BCUT2D eigenvalue weighted by atomic mass is 19.3. The fourth-order valence-electron chi connectivity index (χ4n) is 2.98. The maximum atomic E-state index is 13.3. The van der Waals surface area contributed by atoms with Crippen molar-refractivity contribution in [3.63, 3.8) is 0 Å². The molecule has 0 unspecified atom stereocenters. The summed E-state index contributed by atoms with van der Waals surface area (Å²) < 4.78 is 32.0. The summed E-state index contributed by atoms with van der Waals surface area (Å²) in [5.41, 5.74) is 1.16. The Morgan fingerprint density at radius 1 is 1.34 bits per heavy atom. The Bertz CT molecular complexity index is 950. The van der Waals surface area contributed by atoms with Crippen molar-refractivity contribution in [3.05, 3.63) is 35.5 Å². The SMILES string of the molecule is CNc1nc(Nc2ccc(C(=O)N3CCC(F)(F)CC3)cc2OC)ncc1C#N. The summed E-state index contributed by atoms with van der Waals surface area (Å²) in [5.74, 6) is -2.05. The minimum Gasteiger partial charge on any atom is -0.495 e. The molecule has 0 saturated carbocycles. The predicted molar refractivity (Wildman–Crippen MR) is 103 cm³/mol. The standard InChI is InChI=1S/C19H20F2N6O2/c1-23-16-13(10-22)11-24-18(26-16)25-14-4-3-12(9-15(14)29-2)17(28)27-7-5-19(20,21)6-8-27/h3-4,9,11H,5-8H2,1-2H3,(H2,23,24,25,26). The maximum Gasteiger partial charge on any atom is 0.253 e. The summed E-state index contributed by atoms with van der Waals surface area (Å²) in [6.45, 7) is 0.0278. The van der Waals surface area contributed by atoms with E-state index < -0.39 is 5.92 Å². The zero-order valence-electron chi connectivity index (χ0n) is 16.0. The van der Waals surface area contributed by atoms with E-state index in [0.29, 0.717) is 28.4 Å². The fourth-order valence-corrected chi connectivity index (χ4v) is 2.98. The Hall–Kier alpha value is -3.48. The zero-order valence-corrected chi connectivity index (χ0v) is 16.0. The van der Waals surface area contributed by atoms with Crippen LogP contribution < -0.4 is 15.4 Å². The van der Waals surface area contributed by atoms with E-state index in [9.17, 15) is 13.6 Å². The number of amides is 1. The van der Waals surface area contributed by atoms with Gasteiger partial charge in [0, 0.05) is 38.5 Å². The van der Waals surface area contributed by atoms with Crippen molar-refractivity contribution < 1.29 is 18.3 Å². The number of anilines is 3. The molecule has 3 rings (SSSR count). The Morgan fingerprint density at radius 2 is 2.07 bits per heavy atom. The number of carbonyl (C=O) groups excluding carboxylic acids is 1. The van der Waals surface area contributed by atoms with Gasteiger partial charge in [-0.2, -0.15) is 10.2 Å². The summed E-state index contributed by atoms with van der Waals surface area (Å²) in [6.07, 6.45) is 0.719. The van der Waals surface area contributed by atoms with Gasteiger partial charge in [0.25, 0.3) is 11.8 Å². The Labute approximate surface area is 166 Å². The molecule has 1 fully saturated rings. The van der Waals surface area contributed by atoms with Crippen LogP contribution in [0.4, 0.5) is 26.2 Å². The summed E-state index contributed by atoms with van der Waals surface area (Å²) >= 11 is 0. The highest BCUT2D eigenvalue weighted by Crippen LogP contribution is 2.31. The van der Waals surface area contributed by atoms with Crippen LogP contribution in [0.5, 0.6) is 5.75 Å². The molecule has 8 nitrogen and oxygen atoms in total. The topological polar surface area (TPSA) is 103 Å². The van der Waals surface area contributed by atoms with E-state index in [-0.39, 0.29) is 37.8 Å². The summed E-state index contributed by atoms with van der Waals surface area (Å²) in [7, 11) is 3.10. The van der Waals surface area contributed by atoms with Gasteiger partial charge in [0.05, 0.1) is 19.0 Å². The number of alkyl halides is 2. The number of nitrogens with one attached hydrogen (secondary N) is 2. The number of carbonyl (C=O) groups is 1. The van der Waals surface area contributed by atoms with Crippen LogP contribution in [0.1, 0.15) is 28.8 Å². The molecule has 1 amide bonds. The van der Waals surface area contributed by atoms with E-state index in [4.69, 9.17) is 10.00 Å². The second-order valence-electron chi connectivity index (χ2n) is 6.51. The van der Waals surface area contributed by atoms with E-state index in [1.54, 1.807) is 25.2 Å². The van der Waals surface area contributed by atoms with E-state index in [1.807, 2.05) is 6.07 Å². The van der Waals surface area contributed by atoms with E-state index in [2.05, 4.69) is 20.6 Å². The van der Waals surface area contributed by atoms with Gasteiger partial charge < -0.3 is 20.3 Å². The number of ether oxygens (including phenoxy) is 1. The molecule has 0 aliphatic carbocycles.